The molecule has 0 saturated heterocycles. The number of allylic oxidation sites excluding steroid dienone is 1. The van der Waals surface area contributed by atoms with Crippen LogP contribution in [0.1, 0.15) is 29.7 Å². The van der Waals surface area contributed by atoms with Crippen molar-refractivity contribution in [3.05, 3.63) is 57.9 Å². The third-order valence-electron chi connectivity index (χ3n) is 3.30. The van der Waals surface area contributed by atoms with Gasteiger partial charge >= 0.3 is 0 Å². The molecule has 1 aromatic carbocycles. The zero-order valence-electron chi connectivity index (χ0n) is 10.7. The Morgan fingerprint density at radius 3 is 3.00 bits per heavy atom. The Morgan fingerprint density at radius 2 is 2.30 bits per heavy atom. The number of benzene rings is 1. The number of fused-ring (bicyclic) bond motifs is 1. The lowest BCUT2D eigenvalue weighted by molar-refractivity contribution is 0.428. The molecule has 2 aromatic rings. The van der Waals surface area contributed by atoms with Gasteiger partial charge in [-0.15, -0.1) is 5.10 Å². The highest BCUT2D eigenvalue weighted by Gasteiger charge is 2.31. The molecule has 2 N–H and O–H groups in total. The quantitative estimate of drug-likeness (QED) is 0.817. The largest absolute Gasteiger partial charge is 0.445 e. The monoisotopic (exact) mass is 286 g/mol. The van der Waals surface area contributed by atoms with Crippen LogP contribution >= 0.6 is 11.6 Å². The summed E-state index contributed by atoms with van der Waals surface area (Å²) in [5, 5.41) is 13.9. The summed E-state index contributed by atoms with van der Waals surface area (Å²) in [7, 11) is 0. The molecule has 0 saturated carbocycles. The van der Waals surface area contributed by atoms with Gasteiger partial charge < -0.3 is 10.6 Å². The fraction of sp³-hybridized carbons (Fsp3) is 0.143. The number of nitriles is 1. The van der Waals surface area contributed by atoms with Crippen molar-refractivity contribution < 1.29 is 4.74 Å². The highest BCUT2D eigenvalue weighted by atomic mass is 35.5. The van der Waals surface area contributed by atoms with E-state index in [1.54, 1.807) is 6.26 Å². The number of nitrogens with two attached hydrogens (primary N) is 1. The summed E-state index contributed by atoms with van der Waals surface area (Å²) in [6.45, 7) is 1.93. The van der Waals surface area contributed by atoms with Gasteiger partial charge in [0, 0.05) is 10.9 Å². The number of aromatic nitrogens is 2. The van der Waals surface area contributed by atoms with Crippen LogP contribution in [-0.2, 0) is 0 Å². The first-order chi connectivity index (χ1) is 9.61. The highest BCUT2D eigenvalue weighted by Crippen LogP contribution is 2.41. The van der Waals surface area contributed by atoms with E-state index in [4.69, 9.17) is 22.2 Å². The average molecular weight is 287 g/mol. The lowest BCUT2D eigenvalue weighted by Gasteiger charge is -2.22. The zero-order valence-corrected chi connectivity index (χ0v) is 11.4. The number of hydrogen-bond acceptors (Lipinski definition) is 4. The molecule has 0 radical (unpaired) electrons. The summed E-state index contributed by atoms with van der Waals surface area (Å²) in [6, 6.07) is 9.58. The number of rotatable bonds is 1. The van der Waals surface area contributed by atoms with E-state index in [1.165, 1.54) is 0 Å². The van der Waals surface area contributed by atoms with Gasteiger partial charge in [-0.1, -0.05) is 23.7 Å². The maximum Gasteiger partial charge on any atom is 0.245 e. The maximum atomic E-state index is 9.28. The molecule has 0 bridgehead atoms. The molecule has 20 heavy (non-hydrogen) atoms. The highest BCUT2D eigenvalue weighted by molar-refractivity contribution is 6.30. The fourth-order valence-corrected chi connectivity index (χ4v) is 2.64. The second-order valence-corrected chi connectivity index (χ2v) is 5.03. The predicted octanol–water partition coefficient (Wildman–Crippen LogP) is 2.55. The van der Waals surface area contributed by atoms with Crippen molar-refractivity contribution in [3.63, 3.8) is 0 Å². The normalized spacial score (nSPS) is 16.9. The van der Waals surface area contributed by atoms with Crippen molar-refractivity contribution in [2.24, 2.45) is 0 Å². The predicted molar refractivity (Wildman–Crippen MR) is 74.8 cm³/mol. The summed E-state index contributed by atoms with van der Waals surface area (Å²) in [5.74, 6) is 5.93. The van der Waals surface area contributed by atoms with Crippen LogP contribution in [0.5, 0.6) is 5.88 Å². The molecule has 0 aliphatic carbocycles. The number of nitrogen functional groups attached to an aromatic ring is 1. The molecule has 1 atom stereocenters. The smallest absolute Gasteiger partial charge is 0.245 e. The molecule has 5 nitrogen and oxygen atoms in total. The van der Waals surface area contributed by atoms with Crippen LogP contribution in [0.4, 0.5) is 0 Å². The van der Waals surface area contributed by atoms with Crippen LogP contribution in [0.25, 0.3) is 0 Å². The van der Waals surface area contributed by atoms with Crippen LogP contribution in [0.3, 0.4) is 0 Å². The lowest BCUT2D eigenvalue weighted by Crippen LogP contribution is -2.14. The van der Waals surface area contributed by atoms with Gasteiger partial charge in [0.2, 0.25) is 5.88 Å². The minimum Gasteiger partial charge on any atom is -0.445 e. The Labute approximate surface area is 120 Å². The molecular formula is C14H11ClN4O. The molecule has 1 aliphatic heterocycles. The van der Waals surface area contributed by atoms with E-state index in [9.17, 15) is 5.26 Å². The third kappa shape index (κ3) is 1.82. The molecule has 0 fully saturated rings. The van der Waals surface area contributed by atoms with E-state index < -0.39 is 0 Å². The second-order valence-electron chi connectivity index (χ2n) is 4.59. The van der Waals surface area contributed by atoms with Gasteiger partial charge in [-0.2, -0.15) is 10.1 Å². The Bertz CT molecular complexity index is 757. The first-order valence-electron chi connectivity index (χ1n) is 5.98. The van der Waals surface area contributed by atoms with Crippen molar-refractivity contribution in [2.75, 3.05) is 5.84 Å². The number of nitrogens with zero attached hydrogens (tertiary/aromatic N) is 3. The summed E-state index contributed by atoms with van der Waals surface area (Å²) in [6.07, 6.45) is 1.63. The summed E-state index contributed by atoms with van der Waals surface area (Å²) in [5.41, 5.74) is 2.90. The Kier molecular flexibility index (Phi) is 2.88. The van der Waals surface area contributed by atoms with Crippen LogP contribution in [0.2, 0.25) is 5.02 Å². The van der Waals surface area contributed by atoms with Gasteiger partial charge in [0.25, 0.3) is 0 Å². The fourth-order valence-electron chi connectivity index (χ4n) is 2.45. The molecule has 0 spiro atoms. The Morgan fingerprint density at radius 1 is 1.50 bits per heavy atom. The lowest BCUT2D eigenvalue weighted by atomic mass is 9.85. The van der Waals surface area contributed by atoms with Gasteiger partial charge in [0.05, 0.1) is 11.8 Å². The first kappa shape index (κ1) is 12.6. The maximum absolute atomic E-state index is 9.28. The van der Waals surface area contributed by atoms with Crippen molar-refractivity contribution in [1.29, 1.82) is 5.26 Å². The SMILES string of the molecule is CC1=COc2nn(N)c(C#N)c2[C@H]1c1cccc(Cl)c1. The molecule has 6 heteroatoms. The zero-order chi connectivity index (χ0) is 14.3. The average Bonchev–Trinajstić information content (AvgIpc) is 2.74. The minimum absolute atomic E-state index is 0.135. The van der Waals surface area contributed by atoms with Crippen LogP contribution in [0.15, 0.2) is 36.1 Å². The number of ether oxygens (including phenoxy) is 1. The van der Waals surface area contributed by atoms with E-state index >= 15 is 0 Å². The molecule has 1 aliphatic rings. The standard InChI is InChI=1S/C14H11ClN4O/c1-8-7-20-14-13(11(6-16)19(17)18-14)12(8)9-3-2-4-10(15)5-9/h2-5,7,12H,17H2,1H3/t12-/m1/s1. The molecule has 0 amide bonds. The van der Waals surface area contributed by atoms with Gasteiger partial charge in [-0.3, -0.25) is 0 Å². The topological polar surface area (TPSA) is 76.9 Å². The van der Waals surface area contributed by atoms with E-state index in [0.29, 0.717) is 16.5 Å². The summed E-state index contributed by atoms with van der Waals surface area (Å²) >= 11 is 6.06. The molecule has 1 aromatic heterocycles. The van der Waals surface area contributed by atoms with Crippen molar-refractivity contribution in [2.45, 2.75) is 12.8 Å². The van der Waals surface area contributed by atoms with E-state index in [1.807, 2.05) is 31.2 Å². The number of halogens is 1. The summed E-state index contributed by atoms with van der Waals surface area (Å²) in [4.78, 5) is 1.05. The molecule has 100 valence electrons. The van der Waals surface area contributed by atoms with Crippen LogP contribution < -0.4 is 10.6 Å². The summed E-state index contributed by atoms with van der Waals surface area (Å²) < 4.78 is 5.42. The third-order valence-corrected chi connectivity index (χ3v) is 3.54. The van der Waals surface area contributed by atoms with Gasteiger partial charge in [0.1, 0.15) is 6.07 Å². The molecular weight excluding hydrogens is 276 g/mol. The van der Waals surface area contributed by atoms with Crippen molar-refractivity contribution in [3.8, 4) is 11.9 Å². The molecule has 3 rings (SSSR count). The van der Waals surface area contributed by atoms with Crippen molar-refractivity contribution >= 4 is 11.6 Å². The van der Waals surface area contributed by atoms with Crippen LogP contribution in [-0.4, -0.2) is 9.89 Å². The minimum atomic E-state index is -0.135. The van der Waals surface area contributed by atoms with Gasteiger partial charge in [-0.25, -0.2) is 0 Å². The number of hydrogen-bond donors (Lipinski definition) is 1. The van der Waals surface area contributed by atoms with E-state index in [2.05, 4.69) is 11.2 Å². The molecule has 0 unspecified atom stereocenters. The first-order valence-corrected chi connectivity index (χ1v) is 6.36. The van der Waals surface area contributed by atoms with E-state index in [0.717, 1.165) is 15.9 Å². The Hall–Kier alpha value is -2.45. The van der Waals surface area contributed by atoms with E-state index in [-0.39, 0.29) is 11.6 Å². The molecule has 2 heterocycles. The second kappa shape index (κ2) is 4.58. The van der Waals surface area contributed by atoms with Gasteiger partial charge in [-0.05, 0) is 30.2 Å². The Balaban J connectivity index is 2.23. The van der Waals surface area contributed by atoms with Gasteiger partial charge in [0.15, 0.2) is 5.69 Å². The van der Waals surface area contributed by atoms with Crippen molar-refractivity contribution in [1.82, 2.24) is 9.89 Å². The van der Waals surface area contributed by atoms with Crippen LogP contribution in [0, 0.1) is 11.3 Å².